The summed E-state index contributed by atoms with van der Waals surface area (Å²) < 4.78 is 15.8. The van der Waals surface area contributed by atoms with Gasteiger partial charge in [0.05, 0.1) is 27.0 Å². The zero-order valence-corrected chi connectivity index (χ0v) is 21.2. The molecule has 33 heavy (non-hydrogen) atoms. The maximum Gasteiger partial charge on any atom is 0.291 e. The molecule has 1 aromatic heterocycles. The van der Waals surface area contributed by atoms with Crippen LogP contribution in [0, 0.1) is 0 Å². The van der Waals surface area contributed by atoms with E-state index < -0.39 is 0 Å². The summed E-state index contributed by atoms with van der Waals surface area (Å²) in [5.41, 5.74) is 2.70. The highest BCUT2D eigenvalue weighted by Gasteiger charge is 2.09. The number of benzene rings is 2. The van der Waals surface area contributed by atoms with Crippen LogP contribution in [0.25, 0.3) is 0 Å². The molecule has 3 N–H and O–H groups in total. The Morgan fingerprint density at radius 2 is 1.82 bits per heavy atom. The summed E-state index contributed by atoms with van der Waals surface area (Å²) in [7, 11) is 3.26. The lowest BCUT2D eigenvalue weighted by Crippen LogP contribution is -2.36. The lowest BCUT2D eigenvalue weighted by Gasteiger charge is -2.14. The van der Waals surface area contributed by atoms with Gasteiger partial charge in [0.2, 0.25) is 0 Å². The molecule has 176 valence electrons. The molecule has 1 heterocycles. The predicted molar refractivity (Wildman–Crippen MR) is 140 cm³/mol. The minimum Gasteiger partial charge on any atom is -0.497 e. The van der Waals surface area contributed by atoms with Gasteiger partial charge in [-0.1, -0.05) is 12.1 Å². The molecule has 0 aliphatic heterocycles. The molecule has 0 bridgehead atoms. The standard InChI is InChI=1S/C24H28N4O4.HI/c1-4-25-24(27-16-18-9-12-20(30-2)14-22(18)31-3)26-15-17-7-10-19(11-8-17)28-23(29)21-6-5-13-32-21;/h5-14H,4,15-16H2,1-3H3,(H,28,29)(H2,25,26,27);1H. The van der Waals surface area contributed by atoms with Crippen molar-refractivity contribution < 1.29 is 18.7 Å². The monoisotopic (exact) mass is 564 g/mol. The van der Waals surface area contributed by atoms with Crippen LogP contribution in [-0.4, -0.2) is 32.6 Å². The Balaban J connectivity index is 0.00000385. The van der Waals surface area contributed by atoms with E-state index in [1.807, 2.05) is 49.4 Å². The third kappa shape index (κ3) is 7.70. The fourth-order valence-corrected chi connectivity index (χ4v) is 2.98. The van der Waals surface area contributed by atoms with E-state index in [4.69, 9.17) is 13.9 Å². The quantitative estimate of drug-likeness (QED) is 0.202. The van der Waals surface area contributed by atoms with Gasteiger partial charge in [-0.2, -0.15) is 0 Å². The maximum absolute atomic E-state index is 12.1. The van der Waals surface area contributed by atoms with Gasteiger partial charge in [0.25, 0.3) is 5.91 Å². The Bertz CT molecular complexity index is 1040. The third-order valence-electron chi connectivity index (χ3n) is 4.66. The van der Waals surface area contributed by atoms with E-state index in [1.165, 1.54) is 6.26 Å². The summed E-state index contributed by atoms with van der Waals surface area (Å²) in [6.45, 7) is 3.79. The van der Waals surface area contributed by atoms with Crippen LogP contribution in [0.2, 0.25) is 0 Å². The lowest BCUT2D eigenvalue weighted by molar-refractivity contribution is 0.0996. The van der Waals surface area contributed by atoms with E-state index in [9.17, 15) is 4.79 Å². The summed E-state index contributed by atoms with van der Waals surface area (Å²) in [6, 6.07) is 16.6. The summed E-state index contributed by atoms with van der Waals surface area (Å²) in [6.07, 6.45) is 1.47. The molecule has 0 aliphatic rings. The highest BCUT2D eigenvalue weighted by atomic mass is 127. The Hall–Kier alpha value is -3.21. The molecule has 8 nitrogen and oxygen atoms in total. The van der Waals surface area contributed by atoms with Gasteiger partial charge in [0, 0.05) is 30.4 Å². The second-order valence-electron chi connectivity index (χ2n) is 6.85. The molecule has 9 heteroatoms. The van der Waals surface area contributed by atoms with Crippen LogP contribution in [-0.2, 0) is 13.1 Å². The molecule has 0 saturated heterocycles. The average molecular weight is 564 g/mol. The number of anilines is 1. The molecule has 0 unspecified atom stereocenters. The normalized spacial score (nSPS) is 10.7. The van der Waals surface area contributed by atoms with Crippen molar-refractivity contribution in [3.05, 3.63) is 77.7 Å². The van der Waals surface area contributed by atoms with Crippen LogP contribution >= 0.6 is 24.0 Å². The third-order valence-corrected chi connectivity index (χ3v) is 4.66. The molecule has 0 saturated carbocycles. The first-order chi connectivity index (χ1) is 15.6. The fraction of sp³-hybridized carbons (Fsp3) is 0.250. The van der Waals surface area contributed by atoms with E-state index in [-0.39, 0.29) is 35.6 Å². The highest BCUT2D eigenvalue weighted by Crippen LogP contribution is 2.24. The van der Waals surface area contributed by atoms with Crippen molar-refractivity contribution in [1.29, 1.82) is 0 Å². The number of nitrogens with zero attached hydrogens (tertiary/aromatic N) is 1. The first-order valence-electron chi connectivity index (χ1n) is 10.3. The van der Waals surface area contributed by atoms with Crippen LogP contribution in [0.4, 0.5) is 5.69 Å². The number of amides is 1. The number of methoxy groups -OCH3 is 2. The highest BCUT2D eigenvalue weighted by molar-refractivity contribution is 14.0. The number of hydrogen-bond donors (Lipinski definition) is 3. The van der Waals surface area contributed by atoms with Gasteiger partial charge in [-0.05, 0) is 48.9 Å². The van der Waals surface area contributed by atoms with E-state index in [1.54, 1.807) is 26.4 Å². The number of hydrogen-bond acceptors (Lipinski definition) is 5. The fourth-order valence-electron chi connectivity index (χ4n) is 2.98. The molecular weight excluding hydrogens is 535 g/mol. The first-order valence-corrected chi connectivity index (χ1v) is 10.3. The molecule has 0 fully saturated rings. The molecular formula is C24H29IN4O4. The predicted octanol–water partition coefficient (Wildman–Crippen LogP) is 4.42. The first kappa shape index (κ1) is 26.0. The van der Waals surface area contributed by atoms with Gasteiger partial charge in [0.15, 0.2) is 11.7 Å². The van der Waals surface area contributed by atoms with E-state index in [0.717, 1.165) is 29.2 Å². The second kappa shape index (κ2) is 13.4. The topological polar surface area (TPSA) is 97.1 Å². The van der Waals surface area contributed by atoms with Crippen molar-refractivity contribution in [1.82, 2.24) is 10.6 Å². The maximum atomic E-state index is 12.1. The second-order valence-corrected chi connectivity index (χ2v) is 6.85. The number of ether oxygens (including phenoxy) is 2. The van der Waals surface area contributed by atoms with E-state index in [0.29, 0.717) is 24.7 Å². The molecule has 0 aliphatic carbocycles. The minimum atomic E-state index is -0.284. The van der Waals surface area contributed by atoms with Crippen LogP contribution in [0.3, 0.4) is 0 Å². The Morgan fingerprint density at radius 3 is 2.45 bits per heavy atom. The number of halogens is 1. The van der Waals surface area contributed by atoms with Crippen molar-refractivity contribution in [3.8, 4) is 11.5 Å². The van der Waals surface area contributed by atoms with Crippen molar-refractivity contribution >= 4 is 41.5 Å². The molecule has 0 radical (unpaired) electrons. The molecule has 3 rings (SSSR count). The van der Waals surface area contributed by atoms with Crippen LogP contribution in [0.15, 0.2) is 70.3 Å². The zero-order valence-electron chi connectivity index (χ0n) is 18.9. The largest absolute Gasteiger partial charge is 0.497 e. The Kier molecular flexibility index (Phi) is 10.5. The van der Waals surface area contributed by atoms with Crippen molar-refractivity contribution in [3.63, 3.8) is 0 Å². The summed E-state index contributed by atoms with van der Waals surface area (Å²) >= 11 is 0. The number of aliphatic imine (C=N–C) groups is 1. The van der Waals surface area contributed by atoms with E-state index >= 15 is 0 Å². The Morgan fingerprint density at radius 1 is 1.03 bits per heavy atom. The number of carbonyl (C=O) groups excluding carboxylic acids is 1. The van der Waals surface area contributed by atoms with Crippen LogP contribution < -0.4 is 25.4 Å². The molecule has 0 atom stereocenters. The molecule has 3 aromatic rings. The van der Waals surface area contributed by atoms with Crippen molar-refractivity contribution in [2.75, 3.05) is 26.1 Å². The lowest BCUT2D eigenvalue weighted by atomic mass is 10.2. The van der Waals surface area contributed by atoms with Crippen molar-refractivity contribution in [2.24, 2.45) is 4.99 Å². The molecule has 0 spiro atoms. The van der Waals surface area contributed by atoms with Gasteiger partial charge in [0.1, 0.15) is 11.5 Å². The number of carbonyl (C=O) groups is 1. The SMILES string of the molecule is CCNC(=NCc1ccc(NC(=O)c2ccco2)cc1)NCc1ccc(OC)cc1OC.I. The van der Waals surface area contributed by atoms with Gasteiger partial charge in [-0.3, -0.25) is 4.79 Å². The van der Waals surface area contributed by atoms with Gasteiger partial charge in [-0.15, -0.1) is 24.0 Å². The van der Waals surface area contributed by atoms with Gasteiger partial charge < -0.3 is 29.8 Å². The smallest absolute Gasteiger partial charge is 0.291 e. The van der Waals surface area contributed by atoms with Gasteiger partial charge >= 0.3 is 0 Å². The van der Waals surface area contributed by atoms with Crippen LogP contribution in [0.5, 0.6) is 11.5 Å². The number of nitrogens with one attached hydrogen (secondary N) is 3. The van der Waals surface area contributed by atoms with Crippen LogP contribution in [0.1, 0.15) is 28.6 Å². The number of furan rings is 1. The minimum absolute atomic E-state index is 0. The molecule has 1 amide bonds. The number of guanidine groups is 1. The summed E-state index contributed by atoms with van der Waals surface area (Å²) in [5.74, 6) is 2.18. The number of rotatable bonds is 9. The average Bonchev–Trinajstić information content (AvgIpc) is 3.37. The summed E-state index contributed by atoms with van der Waals surface area (Å²) in [5, 5.41) is 9.37. The molecule has 2 aromatic carbocycles. The van der Waals surface area contributed by atoms with Gasteiger partial charge in [-0.25, -0.2) is 4.99 Å². The summed E-state index contributed by atoms with van der Waals surface area (Å²) in [4.78, 5) is 16.7. The zero-order chi connectivity index (χ0) is 22.8. The van der Waals surface area contributed by atoms with E-state index in [2.05, 4.69) is 20.9 Å². The Labute approximate surface area is 210 Å². The van der Waals surface area contributed by atoms with Crippen molar-refractivity contribution in [2.45, 2.75) is 20.0 Å².